The number of aromatic nitrogens is 4. The minimum atomic E-state index is -0.324. The summed E-state index contributed by atoms with van der Waals surface area (Å²) in [6.45, 7) is 11.3. The Kier molecular flexibility index (Phi) is 9.23. The molecule has 0 radical (unpaired) electrons. The molecule has 0 spiro atoms. The lowest BCUT2D eigenvalue weighted by Crippen LogP contribution is -2.57. The van der Waals surface area contributed by atoms with Gasteiger partial charge in [0.05, 0.1) is 38.8 Å². The van der Waals surface area contributed by atoms with Gasteiger partial charge in [-0.25, -0.2) is 4.98 Å². The van der Waals surface area contributed by atoms with Gasteiger partial charge < -0.3 is 14.2 Å². The van der Waals surface area contributed by atoms with Gasteiger partial charge in [-0.15, -0.1) is 0 Å². The molecule has 0 bridgehead atoms. The zero-order chi connectivity index (χ0) is 50.3. The van der Waals surface area contributed by atoms with Crippen molar-refractivity contribution in [3.63, 3.8) is 0 Å². The van der Waals surface area contributed by atoms with Crippen molar-refractivity contribution in [3.05, 3.63) is 229 Å². The van der Waals surface area contributed by atoms with Gasteiger partial charge in [0.25, 0.3) is 13.0 Å². The molecule has 0 N–H and O–H groups in total. The van der Waals surface area contributed by atoms with Crippen LogP contribution in [0.15, 0.2) is 206 Å². The second-order valence-corrected chi connectivity index (χ2v) is 21.7. The minimum absolute atomic E-state index is 0.0589. The van der Waals surface area contributed by atoms with E-state index in [4.69, 9.17) is 19.2 Å². The summed E-state index contributed by atoms with van der Waals surface area (Å²) in [6.07, 6.45) is 5.85. The van der Waals surface area contributed by atoms with Gasteiger partial charge in [-0.1, -0.05) is 174 Å². The van der Waals surface area contributed by atoms with Gasteiger partial charge in [0.1, 0.15) is 40.3 Å². The van der Waals surface area contributed by atoms with Crippen molar-refractivity contribution in [2.75, 3.05) is 0 Å². The van der Waals surface area contributed by atoms with Crippen LogP contribution in [-0.4, -0.2) is 20.8 Å². The number of hydrogen-bond donors (Lipinski definition) is 0. The zero-order valence-corrected chi connectivity index (χ0v) is 42.2. The average Bonchev–Trinajstić information content (AvgIpc) is 4.00. The topological polar surface area (TPSA) is 54.3 Å². The molecule has 0 atom stereocenters. The molecule has 12 aromatic rings. The fourth-order valence-corrected chi connectivity index (χ4v) is 12.3. The number of pyridine rings is 1. The molecule has 15 rings (SSSR count). The smallest absolute Gasteiger partial charge is 0.269 e. The van der Waals surface area contributed by atoms with Crippen molar-refractivity contribution in [2.24, 2.45) is 0 Å². The quantitative estimate of drug-likeness (QED) is 0.0946. The number of ether oxygens (including phenoxy) is 3. The minimum Gasteiger partial charge on any atom is -0.458 e. The van der Waals surface area contributed by atoms with Crippen LogP contribution in [0, 0.1) is 6.33 Å². The van der Waals surface area contributed by atoms with E-state index in [1.54, 1.807) is 0 Å². The van der Waals surface area contributed by atoms with Gasteiger partial charge in [-0.2, -0.15) is 0 Å². The Labute approximate surface area is 435 Å². The first-order chi connectivity index (χ1) is 36.6. The van der Waals surface area contributed by atoms with Crippen LogP contribution in [0.4, 0.5) is 0 Å². The van der Waals surface area contributed by atoms with Gasteiger partial charge in [-0.3, -0.25) is 13.7 Å². The van der Waals surface area contributed by atoms with Gasteiger partial charge in [0.15, 0.2) is 0 Å². The Morgan fingerprint density at radius 3 is 1.97 bits per heavy atom. The molecule has 0 amide bonds. The van der Waals surface area contributed by atoms with Crippen LogP contribution in [0.5, 0.6) is 34.5 Å². The second-order valence-electron chi connectivity index (χ2n) is 21.7. The maximum absolute atomic E-state index is 7.07. The molecule has 0 unspecified atom stereocenters. The normalized spacial score (nSPS) is 13.7. The third-order valence-electron chi connectivity index (χ3n) is 15.9. The molecular weight excluding hydrogens is 920 g/mol. The number of hydrogen-bond acceptors (Lipinski definition) is 4. The lowest BCUT2D eigenvalue weighted by molar-refractivity contribution is -0.571. The van der Waals surface area contributed by atoms with E-state index in [2.05, 4.69) is 243 Å². The Morgan fingerprint density at radius 2 is 1.25 bits per heavy atom. The molecule has 7 nitrogen and oxygen atoms in total. The molecule has 8 heteroatoms. The molecule has 0 saturated carbocycles. The summed E-state index contributed by atoms with van der Waals surface area (Å²) in [5.41, 5.74) is 17.2. The van der Waals surface area contributed by atoms with Crippen molar-refractivity contribution >= 4 is 55.9 Å². The maximum Gasteiger partial charge on any atom is 0.269 e. The Balaban J connectivity index is 0.912. The van der Waals surface area contributed by atoms with E-state index < -0.39 is 0 Å². The van der Waals surface area contributed by atoms with E-state index in [1.165, 1.54) is 16.7 Å². The monoisotopic (exact) mass is 968 g/mol. The van der Waals surface area contributed by atoms with Crippen LogP contribution in [0.2, 0.25) is 0 Å². The molecule has 3 aromatic heterocycles. The summed E-state index contributed by atoms with van der Waals surface area (Å²) in [5.74, 6) is 5.49. The van der Waals surface area contributed by atoms with Crippen LogP contribution >= 0.6 is 0 Å². The molecule has 3 aliphatic rings. The SMILES string of the molecule is CC(C)(C)c1ccnc(-n2c3cc(Oc4ccc5c(c4)-n4[c-][n+](-c6c(-c7ccccc7)cccc6-c6ccccc6)c6cccc(c64)C5(C)C)ccc3c3c4c5c(cc32)Oc2ccccc2B5c2ccccc2O4)c1. The lowest BCUT2D eigenvalue weighted by Gasteiger charge is -2.34. The van der Waals surface area contributed by atoms with Crippen molar-refractivity contribution < 1.29 is 18.8 Å². The molecule has 358 valence electrons. The van der Waals surface area contributed by atoms with Crippen molar-refractivity contribution in [1.29, 1.82) is 0 Å². The molecule has 0 fully saturated rings. The molecule has 0 saturated heterocycles. The first kappa shape index (κ1) is 43.4. The summed E-state index contributed by atoms with van der Waals surface area (Å²) in [5, 5.41) is 2.03. The number of rotatable bonds is 6. The van der Waals surface area contributed by atoms with Crippen molar-refractivity contribution in [1.82, 2.24) is 14.1 Å². The van der Waals surface area contributed by atoms with Crippen LogP contribution in [0.25, 0.3) is 72.3 Å². The van der Waals surface area contributed by atoms with E-state index in [0.717, 1.165) is 117 Å². The molecule has 75 heavy (non-hydrogen) atoms. The number of fused-ring (bicyclic) bond motifs is 10. The van der Waals surface area contributed by atoms with E-state index in [0.29, 0.717) is 5.75 Å². The van der Waals surface area contributed by atoms with Crippen LogP contribution in [-0.2, 0) is 10.8 Å². The van der Waals surface area contributed by atoms with E-state index in [-0.39, 0.29) is 17.5 Å². The Morgan fingerprint density at radius 1 is 0.600 bits per heavy atom. The van der Waals surface area contributed by atoms with Gasteiger partial charge in [-0.05, 0) is 104 Å². The van der Waals surface area contributed by atoms with Gasteiger partial charge >= 0.3 is 0 Å². The molecule has 9 aromatic carbocycles. The first-order valence-electron chi connectivity index (χ1n) is 25.8. The second kappa shape index (κ2) is 15.9. The Hall–Kier alpha value is -9.14. The third-order valence-corrected chi connectivity index (χ3v) is 15.9. The van der Waals surface area contributed by atoms with Crippen LogP contribution in [0.1, 0.15) is 51.3 Å². The number of nitrogens with zero attached hydrogens (tertiary/aromatic N) is 4. The number of imidazole rings is 1. The maximum atomic E-state index is 7.07. The largest absolute Gasteiger partial charge is 0.458 e. The fourth-order valence-electron chi connectivity index (χ4n) is 12.3. The highest BCUT2D eigenvalue weighted by Crippen LogP contribution is 2.48. The number of benzene rings is 9. The highest BCUT2D eigenvalue weighted by molar-refractivity contribution is 6.98. The standard InChI is InChI=1S/C67H49BN4O3/c1-66(2,3)43-34-35-69-60(36-43)72-54-37-44(30-32-48(54)61-56(72)39-59-62-65(61)75-58-29-15-13-26-52(58)68(62)51-25-12-14-28-57(51)74-59)73-45-31-33-49-55(38-45)71-40-70(53-27-17-24-50(64(53)71)67(49,4)5)63-46(41-18-8-6-9-19-41)22-16-23-47(63)42-20-10-7-11-21-42/h6-39H,1-5H3. The highest BCUT2D eigenvalue weighted by atomic mass is 16.5. The predicted octanol–water partition coefficient (Wildman–Crippen LogP) is 14.0. The highest BCUT2D eigenvalue weighted by Gasteiger charge is 2.42. The van der Waals surface area contributed by atoms with Crippen molar-refractivity contribution in [2.45, 2.75) is 45.4 Å². The summed E-state index contributed by atoms with van der Waals surface area (Å²) in [7, 11) is 0. The van der Waals surface area contributed by atoms with E-state index in [1.807, 2.05) is 18.3 Å². The summed E-state index contributed by atoms with van der Waals surface area (Å²) < 4.78 is 27.8. The molecule has 0 aliphatic carbocycles. The lowest BCUT2D eigenvalue weighted by atomic mass is 9.35. The molecular formula is C67H49BN4O3. The fraction of sp³-hybridized carbons (Fsp3) is 0.104. The summed E-state index contributed by atoms with van der Waals surface area (Å²) >= 11 is 0. The predicted molar refractivity (Wildman–Crippen MR) is 302 cm³/mol. The van der Waals surface area contributed by atoms with Crippen molar-refractivity contribution in [3.8, 4) is 73.9 Å². The van der Waals surface area contributed by atoms with Crippen LogP contribution in [0.3, 0.4) is 0 Å². The molecule has 3 aliphatic heterocycles. The van der Waals surface area contributed by atoms with Gasteiger partial charge in [0, 0.05) is 34.6 Å². The summed E-state index contributed by atoms with van der Waals surface area (Å²) in [4.78, 5) is 5.08. The number of para-hydroxylation sites is 4. The van der Waals surface area contributed by atoms with E-state index >= 15 is 0 Å². The average molecular weight is 969 g/mol. The zero-order valence-electron chi connectivity index (χ0n) is 42.2. The third kappa shape index (κ3) is 6.48. The van der Waals surface area contributed by atoms with Gasteiger partial charge in [0.2, 0.25) is 0 Å². The first-order valence-corrected chi connectivity index (χ1v) is 25.8. The van der Waals surface area contributed by atoms with Crippen LogP contribution < -0.4 is 35.2 Å². The molecule has 6 heterocycles. The summed E-state index contributed by atoms with van der Waals surface area (Å²) in [6, 6.07) is 70.8. The Bertz CT molecular complexity index is 4290. The van der Waals surface area contributed by atoms with E-state index in [9.17, 15) is 0 Å².